The zero-order valence-electron chi connectivity index (χ0n) is 18.1. The van der Waals surface area contributed by atoms with E-state index in [1.165, 1.54) is 18.4 Å². The Morgan fingerprint density at radius 1 is 1.16 bits per heavy atom. The highest BCUT2D eigenvalue weighted by atomic mass is 35.5. The van der Waals surface area contributed by atoms with E-state index in [1.54, 1.807) is 6.20 Å². The first-order chi connectivity index (χ1) is 15.6. The summed E-state index contributed by atoms with van der Waals surface area (Å²) in [6.07, 6.45) is 7.21. The van der Waals surface area contributed by atoms with Crippen LogP contribution in [0.25, 0.3) is 0 Å². The summed E-state index contributed by atoms with van der Waals surface area (Å²) >= 11 is 6.06. The number of halogens is 1. The number of benzene rings is 1. The van der Waals surface area contributed by atoms with E-state index < -0.39 is 10.8 Å². The van der Waals surface area contributed by atoms with Crippen molar-refractivity contribution >= 4 is 34.2 Å². The molecule has 2 unspecified atom stereocenters. The first kappa shape index (κ1) is 20.9. The molecule has 0 bridgehead atoms. The van der Waals surface area contributed by atoms with Crippen LogP contribution >= 0.6 is 11.6 Å². The van der Waals surface area contributed by atoms with Gasteiger partial charge in [0.05, 0.1) is 34.0 Å². The molecule has 3 atom stereocenters. The fourth-order valence-electron chi connectivity index (χ4n) is 6.28. The predicted molar refractivity (Wildman–Crippen MR) is 127 cm³/mol. The van der Waals surface area contributed by atoms with Gasteiger partial charge in [0.15, 0.2) is 5.82 Å². The van der Waals surface area contributed by atoms with E-state index >= 15 is 0 Å². The van der Waals surface area contributed by atoms with Gasteiger partial charge in [-0.05, 0) is 67.6 Å². The minimum atomic E-state index is -1.07. The van der Waals surface area contributed by atoms with Crippen LogP contribution in [-0.2, 0) is 10.8 Å². The molecular weight excluding hydrogens is 444 g/mol. The number of aromatic nitrogens is 2. The lowest BCUT2D eigenvalue weighted by Gasteiger charge is -2.51. The second-order valence-electron chi connectivity index (χ2n) is 9.94. The molecule has 3 heterocycles. The normalized spacial score (nSPS) is 30.7. The lowest BCUT2D eigenvalue weighted by atomic mass is 9.76. The van der Waals surface area contributed by atoms with Gasteiger partial charge in [0.25, 0.3) is 0 Å². The van der Waals surface area contributed by atoms with Crippen LogP contribution in [-0.4, -0.2) is 56.8 Å². The lowest BCUT2D eigenvalue weighted by molar-refractivity contribution is 0.115. The fraction of sp³-hybridized carbons (Fsp3) is 0.583. The van der Waals surface area contributed by atoms with Crippen molar-refractivity contribution in [2.75, 3.05) is 41.8 Å². The summed E-state index contributed by atoms with van der Waals surface area (Å²) in [5.74, 6) is 4.01. The minimum Gasteiger partial charge on any atom is -0.394 e. The molecule has 0 radical (unpaired) electrons. The Kier molecular flexibility index (Phi) is 5.19. The third kappa shape index (κ3) is 3.35. The van der Waals surface area contributed by atoms with Crippen molar-refractivity contribution < 1.29 is 9.32 Å². The molecule has 2 aliphatic carbocycles. The van der Waals surface area contributed by atoms with Crippen molar-refractivity contribution in [1.82, 2.24) is 9.97 Å². The number of fused-ring (bicyclic) bond motifs is 2. The summed E-state index contributed by atoms with van der Waals surface area (Å²) in [7, 11) is -1.07. The summed E-state index contributed by atoms with van der Waals surface area (Å²) in [4.78, 5) is 14.9. The van der Waals surface area contributed by atoms with Crippen molar-refractivity contribution in [3.63, 3.8) is 0 Å². The average Bonchev–Trinajstić information content (AvgIpc) is 3.35. The van der Waals surface area contributed by atoms with Gasteiger partial charge in [-0.15, -0.1) is 0 Å². The molecule has 2 saturated carbocycles. The molecule has 3 fully saturated rings. The van der Waals surface area contributed by atoms with Crippen LogP contribution in [0, 0.1) is 11.8 Å². The molecule has 1 N–H and O–H groups in total. The molecule has 0 amide bonds. The molecule has 0 spiro atoms. The Bertz CT molecular complexity index is 1030. The molecule has 6 rings (SSSR count). The highest BCUT2D eigenvalue weighted by molar-refractivity contribution is 7.85. The van der Waals surface area contributed by atoms with Crippen LogP contribution in [0.5, 0.6) is 0 Å². The van der Waals surface area contributed by atoms with Crippen LogP contribution in [0.1, 0.15) is 43.6 Å². The number of anilines is 2. The molecule has 6 nitrogen and oxygen atoms in total. The fourth-order valence-corrected chi connectivity index (χ4v) is 7.50. The van der Waals surface area contributed by atoms with E-state index in [9.17, 15) is 9.32 Å². The van der Waals surface area contributed by atoms with Crippen molar-refractivity contribution in [3.05, 3.63) is 41.0 Å². The Morgan fingerprint density at radius 2 is 1.88 bits per heavy atom. The van der Waals surface area contributed by atoms with Gasteiger partial charge in [0.2, 0.25) is 5.95 Å². The Balaban J connectivity index is 1.22. The molecule has 4 aliphatic rings. The van der Waals surface area contributed by atoms with E-state index in [-0.39, 0.29) is 12.1 Å². The molecule has 32 heavy (non-hydrogen) atoms. The van der Waals surface area contributed by atoms with Gasteiger partial charge in [-0.2, -0.15) is 4.98 Å². The van der Waals surface area contributed by atoms with Gasteiger partial charge in [0.1, 0.15) is 0 Å². The van der Waals surface area contributed by atoms with Crippen molar-refractivity contribution in [2.45, 2.75) is 48.5 Å². The molecular formula is C24H29ClN4O2S. The van der Waals surface area contributed by atoms with Crippen LogP contribution in [0.2, 0.25) is 5.02 Å². The second-order valence-corrected chi connectivity index (χ2v) is 11.9. The maximum Gasteiger partial charge on any atom is 0.227 e. The Morgan fingerprint density at radius 3 is 2.50 bits per heavy atom. The molecule has 1 saturated heterocycles. The van der Waals surface area contributed by atoms with Crippen LogP contribution in [0.3, 0.4) is 0 Å². The van der Waals surface area contributed by atoms with Gasteiger partial charge in [-0.3, -0.25) is 4.21 Å². The van der Waals surface area contributed by atoms with E-state index in [1.807, 2.05) is 12.1 Å². The van der Waals surface area contributed by atoms with Crippen molar-refractivity contribution in [3.8, 4) is 0 Å². The van der Waals surface area contributed by atoms with Crippen LogP contribution < -0.4 is 9.80 Å². The molecule has 1 aromatic heterocycles. The standard InChI is InChI=1S/C24H29ClN4O2S/c25-20-4-2-16(3-5-20)17-10-18-13-28(14-19(18)11-17)23-26-12-21-22(27-23)29(8-9-32(21)31)24(15-30)6-1-7-24/h2-5,12,17-19,30H,1,6-11,13-15H2/t17?,18?,19?,32-/m0/s1. The summed E-state index contributed by atoms with van der Waals surface area (Å²) in [6.45, 7) is 2.76. The summed E-state index contributed by atoms with van der Waals surface area (Å²) in [5, 5.41) is 10.9. The lowest BCUT2D eigenvalue weighted by Crippen LogP contribution is -2.59. The average molecular weight is 473 g/mol. The Hall–Kier alpha value is -1.70. The van der Waals surface area contributed by atoms with Gasteiger partial charge in [-0.1, -0.05) is 23.7 Å². The predicted octanol–water partition coefficient (Wildman–Crippen LogP) is 3.60. The SMILES string of the molecule is O=[S@]1CCN(C2(CO)CCC2)c2nc(N3CC4CC(c5ccc(Cl)cc5)CC4C3)ncc21. The van der Waals surface area contributed by atoms with E-state index in [0.717, 1.165) is 54.0 Å². The largest absolute Gasteiger partial charge is 0.394 e. The number of hydrogen-bond donors (Lipinski definition) is 1. The summed E-state index contributed by atoms with van der Waals surface area (Å²) in [6, 6.07) is 8.33. The third-order valence-corrected chi connectivity index (χ3v) is 9.84. The highest BCUT2D eigenvalue weighted by Gasteiger charge is 2.46. The third-order valence-electron chi connectivity index (χ3n) is 8.25. The minimum absolute atomic E-state index is 0.123. The van der Waals surface area contributed by atoms with Crippen molar-refractivity contribution in [1.29, 1.82) is 0 Å². The van der Waals surface area contributed by atoms with Crippen molar-refractivity contribution in [2.24, 2.45) is 11.8 Å². The maximum absolute atomic E-state index is 12.7. The zero-order valence-corrected chi connectivity index (χ0v) is 19.7. The highest BCUT2D eigenvalue weighted by Crippen LogP contribution is 2.47. The number of hydrogen-bond acceptors (Lipinski definition) is 6. The molecule has 8 heteroatoms. The van der Waals surface area contributed by atoms with Crippen LogP contribution in [0.15, 0.2) is 35.4 Å². The molecule has 1 aromatic carbocycles. The first-order valence-electron chi connectivity index (χ1n) is 11.7. The number of nitrogens with zero attached hydrogens (tertiary/aromatic N) is 4. The molecule has 2 aromatic rings. The number of rotatable bonds is 4. The maximum atomic E-state index is 12.7. The quantitative estimate of drug-likeness (QED) is 0.733. The van der Waals surface area contributed by atoms with E-state index in [2.05, 4.69) is 26.9 Å². The smallest absolute Gasteiger partial charge is 0.227 e. The first-order valence-corrected chi connectivity index (χ1v) is 13.4. The molecule has 170 valence electrons. The van der Waals surface area contributed by atoms with Gasteiger partial charge in [0, 0.05) is 30.4 Å². The second kappa shape index (κ2) is 7.96. The van der Waals surface area contributed by atoms with E-state index in [0.29, 0.717) is 30.1 Å². The number of aliphatic hydroxyl groups is 1. The van der Waals surface area contributed by atoms with E-state index in [4.69, 9.17) is 16.6 Å². The number of aliphatic hydroxyl groups excluding tert-OH is 1. The van der Waals surface area contributed by atoms with Gasteiger partial charge < -0.3 is 14.9 Å². The topological polar surface area (TPSA) is 69.6 Å². The summed E-state index contributed by atoms with van der Waals surface area (Å²) < 4.78 is 12.7. The van der Waals surface area contributed by atoms with Gasteiger partial charge in [-0.25, -0.2) is 4.98 Å². The summed E-state index contributed by atoms with van der Waals surface area (Å²) in [5.41, 5.74) is 1.16. The Labute approximate surface area is 196 Å². The van der Waals surface area contributed by atoms with Crippen LogP contribution in [0.4, 0.5) is 11.8 Å². The van der Waals surface area contributed by atoms with Gasteiger partial charge >= 0.3 is 0 Å². The molecule has 2 aliphatic heterocycles. The zero-order chi connectivity index (χ0) is 21.9. The monoisotopic (exact) mass is 472 g/mol.